The molecule has 0 bridgehead atoms. The largest absolute Gasteiger partial charge is 0.458 e. The van der Waals surface area contributed by atoms with Crippen LogP contribution in [-0.4, -0.2) is 25.1 Å². The van der Waals surface area contributed by atoms with Crippen molar-refractivity contribution in [3.63, 3.8) is 0 Å². The van der Waals surface area contributed by atoms with Crippen LogP contribution < -0.4 is 4.90 Å². The van der Waals surface area contributed by atoms with Gasteiger partial charge in [0.1, 0.15) is 25.1 Å². The summed E-state index contributed by atoms with van der Waals surface area (Å²) in [6.07, 6.45) is 0.258. The number of hydrogen-bond donors (Lipinski definition) is 0. The standard InChI is InChI=1S/C46H40FNO5/c1-34(49)53-44(39-22-24-41(47)25-23-39)29-28-43-45(40-20-16-35(17-21-40)14-8-30-51-32-37-10-4-2-5-11-37)48(46(43)50)42-26-18-36(19-27-42)15-9-31-52-33-38-12-6-3-7-13-38/h2-7,10-13,16-27,43-45H,28-33H2,1H3/t43-,44+,45-/m1/s1. The molecule has 1 saturated heterocycles. The zero-order valence-electron chi connectivity index (χ0n) is 29.5. The minimum atomic E-state index is -0.605. The highest BCUT2D eigenvalue weighted by molar-refractivity contribution is 6.03. The minimum absolute atomic E-state index is 0.0248. The number of hydrogen-bond acceptors (Lipinski definition) is 5. The molecule has 3 atom stereocenters. The molecular weight excluding hydrogens is 666 g/mol. The summed E-state index contributed by atoms with van der Waals surface area (Å²) in [6.45, 7) is 2.95. The van der Waals surface area contributed by atoms with E-state index in [1.165, 1.54) is 19.1 Å². The number of ether oxygens (including phenoxy) is 3. The molecule has 0 aromatic heterocycles. The highest BCUT2D eigenvalue weighted by atomic mass is 19.1. The van der Waals surface area contributed by atoms with E-state index in [-0.39, 0.29) is 23.7 Å². The molecule has 0 radical (unpaired) electrons. The zero-order valence-corrected chi connectivity index (χ0v) is 29.5. The van der Waals surface area contributed by atoms with Gasteiger partial charge in [0.15, 0.2) is 0 Å². The van der Waals surface area contributed by atoms with E-state index in [1.807, 2.05) is 114 Å². The van der Waals surface area contributed by atoms with Crippen LogP contribution in [-0.2, 0) is 37.0 Å². The second kappa shape index (κ2) is 18.5. The van der Waals surface area contributed by atoms with Crippen molar-refractivity contribution in [2.24, 2.45) is 5.92 Å². The van der Waals surface area contributed by atoms with E-state index < -0.39 is 12.1 Å². The van der Waals surface area contributed by atoms with Crippen LogP contribution in [0, 0.1) is 35.4 Å². The van der Waals surface area contributed by atoms with Crippen LogP contribution in [0.5, 0.6) is 0 Å². The Hall–Kier alpha value is -5.99. The molecule has 1 heterocycles. The Labute approximate surface area is 310 Å². The number of amides is 1. The number of halogens is 1. The van der Waals surface area contributed by atoms with E-state index >= 15 is 0 Å². The van der Waals surface area contributed by atoms with Gasteiger partial charge < -0.3 is 19.1 Å². The van der Waals surface area contributed by atoms with Gasteiger partial charge in [0, 0.05) is 23.7 Å². The summed E-state index contributed by atoms with van der Waals surface area (Å²) < 4.78 is 30.7. The Morgan fingerprint density at radius 2 is 1.25 bits per heavy atom. The van der Waals surface area contributed by atoms with Gasteiger partial charge >= 0.3 is 5.97 Å². The molecule has 7 heteroatoms. The molecule has 0 aliphatic carbocycles. The molecule has 5 aromatic rings. The zero-order chi connectivity index (χ0) is 36.8. The summed E-state index contributed by atoms with van der Waals surface area (Å²) in [5.74, 6) is 11.2. The van der Waals surface area contributed by atoms with Crippen LogP contribution in [0.2, 0.25) is 0 Å². The summed E-state index contributed by atoms with van der Waals surface area (Å²) in [5, 5.41) is 0. The van der Waals surface area contributed by atoms with Gasteiger partial charge in [-0.1, -0.05) is 109 Å². The average Bonchev–Trinajstić information content (AvgIpc) is 3.18. The van der Waals surface area contributed by atoms with Crippen LogP contribution in [0.4, 0.5) is 10.1 Å². The van der Waals surface area contributed by atoms with Gasteiger partial charge in [0.05, 0.1) is 25.2 Å². The Morgan fingerprint density at radius 1 is 0.717 bits per heavy atom. The lowest BCUT2D eigenvalue weighted by atomic mass is 9.78. The number of anilines is 1. The van der Waals surface area contributed by atoms with Crippen molar-refractivity contribution >= 4 is 17.6 Å². The smallest absolute Gasteiger partial charge is 0.303 e. The van der Waals surface area contributed by atoms with Crippen LogP contribution in [0.3, 0.4) is 0 Å². The predicted octanol–water partition coefficient (Wildman–Crippen LogP) is 8.75. The number of esters is 1. The Balaban J connectivity index is 1.15. The molecule has 1 amide bonds. The molecule has 5 aromatic carbocycles. The molecule has 0 unspecified atom stereocenters. The third kappa shape index (κ3) is 10.3. The van der Waals surface area contributed by atoms with Crippen molar-refractivity contribution in [3.05, 3.63) is 173 Å². The highest BCUT2D eigenvalue weighted by Crippen LogP contribution is 2.46. The van der Waals surface area contributed by atoms with Gasteiger partial charge in [-0.05, 0) is 83.6 Å². The van der Waals surface area contributed by atoms with Crippen LogP contribution in [0.1, 0.15) is 65.3 Å². The van der Waals surface area contributed by atoms with E-state index in [4.69, 9.17) is 14.2 Å². The maximum Gasteiger partial charge on any atom is 0.303 e. The fourth-order valence-corrected chi connectivity index (χ4v) is 6.34. The monoisotopic (exact) mass is 705 g/mol. The first-order chi connectivity index (χ1) is 25.9. The van der Waals surface area contributed by atoms with Gasteiger partial charge in [-0.2, -0.15) is 0 Å². The second-order valence-corrected chi connectivity index (χ2v) is 12.7. The molecule has 1 aliphatic rings. The molecule has 266 valence electrons. The molecule has 1 fully saturated rings. The van der Waals surface area contributed by atoms with Gasteiger partial charge in [-0.15, -0.1) is 0 Å². The van der Waals surface area contributed by atoms with E-state index in [0.717, 1.165) is 33.5 Å². The normalized spacial score (nSPS) is 15.3. The maximum absolute atomic E-state index is 13.9. The highest BCUT2D eigenvalue weighted by Gasteiger charge is 2.48. The third-order valence-electron chi connectivity index (χ3n) is 8.94. The van der Waals surface area contributed by atoms with Crippen LogP contribution in [0.15, 0.2) is 133 Å². The van der Waals surface area contributed by atoms with E-state index in [2.05, 4.69) is 23.7 Å². The summed E-state index contributed by atoms with van der Waals surface area (Å²) in [7, 11) is 0. The number of rotatable bonds is 13. The first-order valence-electron chi connectivity index (χ1n) is 17.6. The van der Waals surface area contributed by atoms with E-state index in [9.17, 15) is 14.0 Å². The SMILES string of the molecule is CC(=O)O[C@@H](CC[C@H]1C(=O)N(c2ccc(C#CCOCc3ccccc3)cc2)[C@@H]1c1ccc(C#CCOCc2ccccc2)cc1)c1ccc(F)cc1. The van der Waals surface area contributed by atoms with Gasteiger partial charge in [0.25, 0.3) is 0 Å². The Morgan fingerprint density at radius 3 is 1.77 bits per heavy atom. The fraction of sp³-hybridized carbons (Fsp3) is 0.217. The van der Waals surface area contributed by atoms with Gasteiger partial charge in [-0.3, -0.25) is 9.59 Å². The molecule has 0 spiro atoms. The number of benzene rings is 5. The van der Waals surface area contributed by atoms with Gasteiger partial charge in [0.2, 0.25) is 5.91 Å². The van der Waals surface area contributed by atoms with Crippen molar-refractivity contribution in [2.45, 2.75) is 45.1 Å². The number of carbonyl (C=O) groups excluding carboxylic acids is 2. The Kier molecular flexibility index (Phi) is 12.8. The van der Waals surface area contributed by atoms with E-state index in [1.54, 1.807) is 12.1 Å². The second-order valence-electron chi connectivity index (χ2n) is 12.7. The lowest BCUT2D eigenvalue weighted by Crippen LogP contribution is -2.55. The summed E-state index contributed by atoms with van der Waals surface area (Å²) in [5.41, 5.74) is 6.25. The first-order valence-corrected chi connectivity index (χ1v) is 17.6. The lowest BCUT2D eigenvalue weighted by molar-refractivity contribution is -0.147. The topological polar surface area (TPSA) is 65.1 Å². The maximum atomic E-state index is 13.9. The molecule has 0 saturated carbocycles. The minimum Gasteiger partial charge on any atom is -0.458 e. The third-order valence-corrected chi connectivity index (χ3v) is 8.94. The number of nitrogens with zero attached hydrogens (tertiary/aromatic N) is 1. The number of carbonyl (C=O) groups is 2. The quantitative estimate of drug-likeness (QED) is 0.0531. The molecule has 6 nitrogen and oxygen atoms in total. The van der Waals surface area contributed by atoms with Crippen molar-refractivity contribution in [2.75, 3.05) is 18.1 Å². The van der Waals surface area contributed by atoms with Crippen molar-refractivity contribution < 1.29 is 28.2 Å². The van der Waals surface area contributed by atoms with Crippen molar-refractivity contribution in [1.29, 1.82) is 0 Å². The molecule has 1 aliphatic heterocycles. The summed E-state index contributed by atoms with van der Waals surface area (Å²) in [4.78, 5) is 27.7. The molecule has 6 rings (SSSR count). The molecular formula is C46H40FNO5. The van der Waals surface area contributed by atoms with Gasteiger partial charge in [-0.25, -0.2) is 4.39 Å². The molecule has 53 heavy (non-hydrogen) atoms. The fourth-order valence-electron chi connectivity index (χ4n) is 6.34. The summed E-state index contributed by atoms with van der Waals surface area (Å²) in [6, 6.07) is 41.1. The van der Waals surface area contributed by atoms with Crippen molar-refractivity contribution in [3.8, 4) is 23.7 Å². The summed E-state index contributed by atoms with van der Waals surface area (Å²) >= 11 is 0. The first kappa shape index (κ1) is 36.8. The average molecular weight is 706 g/mol. The Bertz CT molecular complexity index is 2080. The van der Waals surface area contributed by atoms with Crippen LogP contribution >= 0.6 is 0 Å². The molecule has 0 N–H and O–H groups in total. The van der Waals surface area contributed by atoms with Crippen LogP contribution in [0.25, 0.3) is 0 Å². The van der Waals surface area contributed by atoms with Crippen molar-refractivity contribution in [1.82, 2.24) is 0 Å². The predicted molar refractivity (Wildman–Crippen MR) is 203 cm³/mol. The number of β-lactam (4-membered cyclic amide) rings is 1. The lowest BCUT2D eigenvalue weighted by Gasteiger charge is -2.48. The van der Waals surface area contributed by atoms with E-state index in [0.29, 0.717) is 44.8 Å².